The molecule has 0 spiro atoms. The van der Waals surface area contributed by atoms with Crippen molar-refractivity contribution in [3.05, 3.63) is 73.0 Å². The van der Waals surface area contributed by atoms with Crippen LogP contribution in [0.1, 0.15) is 11.7 Å². The molecule has 150 valence electrons. The molecule has 6 rings (SSSR count). The van der Waals surface area contributed by atoms with Crippen LogP contribution < -0.4 is 14.2 Å². The summed E-state index contributed by atoms with van der Waals surface area (Å²) in [7, 11) is 8.44. The number of aromatic nitrogens is 3. The minimum atomic E-state index is 0.143. The van der Waals surface area contributed by atoms with Gasteiger partial charge in [-0.1, -0.05) is 12.1 Å². The first-order valence-corrected chi connectivity index (χ1v) is 10.2. The lowest BCUT2D eigenvalue weighted by Gasteiger charge is -2.27. The number of fused-ring (bicyclic) bond motifs is 10. The number of hydrogen-bond donors (Lipinski definition) is 0. The van der Waals surface area contributed by atoms with Crippen molar-refractivity contribution in [2.24, 2.45) is 0 Å². The molecule has 0 saturated carbocycles. The normalized spacial score (nSPS) is 20.9. The van der Waals surface area contributed by atoms with E-state index < -0.39 is 0 Å². The molecule has 3 aromatic heterocycles. The third kappa shape index (κ3) is 2.01. The number of rotatable bonds is 1. The van der Waals surface area contributed by atoms with Gasteiger partial charge in [0.2, 0.25) is 0 Å². The summed E-state index contributed by atoms with van der Waals surface area (Å²) in [4.78, 5) is 11.5. The highest BCUT2D eigenvalue weighted by Gasteiger charge is 2.58. The molecule has 6 heterocycles. The van der Waals surface area contributed by atoms with Crippen LogP contribution in [0.3, 0.4) is 0 Å². The van der Waals surface area contributed by atoms with Crippen LogP contribution in [-0.2, 0) is 0 Å². The van der Waals surface area contributed by atoms with Gasteiger partial charge < -0.3 is 0 Å². The molecule has 0 amide bonds. The first-order valence-electron chi connectivity index (χ1n) is 10.2. The standard InChI is InChI=1S/C23H25N7/c1-25(2)22-27-13-7-5-9-17(27)20-21-18-10-6-8-14-28(18)23(26(3)4)30(21)19-15-24-12-11-16(19)29(20)22/h5-15,17,20H,1-4H3/q+2. The molecule has 3 aromatic rings. The third-order valence-electron chi connectivity index (χ3n) is 6.17. The molecule has 0 aliphatic carbocycles. The van der Waals surface area contributed by atoms with Crippen LogP contribution in [0.2, 0.25) is 0 Å². The number of imidazole rings is 1. The van der Waals surface area contributed by atoms with Crippen molar-refractivity contribution >= 4 is 23.1 Å². The fourth-order valence-corrected chi connectivity index (χ4v) is 5.21. The van der Waals surface area contributed by atoms with E-state index >= 15 is 0 Å². The lowest BCUT2D eigenvalue weighted by atomic mass is 9.99. The third-order valence-corrected chi connectivity index (χ3v) is 6.17. The second kappa shape index (κ2) is 5.95. The van der Waals surface area contributed by atoms with Gasteiger partial charge in [0.15, 0.2) is 17.4 Å². The summed E-state index contributed by atoms with van der Waals surface area (Å²) >= 11 is 0. The van der Waals surface area contributed by atoms with Crippen molar-refractivity contribution < 1.29 is 8.98 Å². The van der Waals surface area contributed by atoms with Crippen LogP contribution in [0.15, 0.2) is 67.3 Å². The summed E-state index contributed by atoms with van der Waals surface area (Å²) in [5.74, 6) is 2.29. The highest BCUT2D eigenvalue weighted by Crippen LogP contribution is 2.49. The smallest absolute Gasteiger partial charge is 0.269 e. The number of guanidine groups is 1. The van der Waals surface area contributed by atoms with Crippen molar-refractivity contribution in [1.29, 1.82) is 0 Å². The van der Waals surface area contributed by atoms with Gasteiger partial charge in [-0.2, -0.15) is 4.57 Å². The molecule has 3 aliphatic rings. The van der Waals surface area contributed by atoms with E-state index in [4.69, 9.17) is 0 Å². The zero-order valence-electron chi connectivity index (χ0n) is 17.6. The molecule has 0 radical (unpaired) electrons. The average Bonchev–Trinajstić information content (AvgIpc) is 3.27. The maximum Gasteiger partial charge on any atom is 0.369 e. The Kier molecular flexibility index (Phi) is 3.42. The van der Waals surface area contributed by atoms with E-state index in [0.29, 0.717) is 0 Å². The second-order valence-corrected chi connectivity index (χ2v) is 8.37. The van der Waals surface area contributed by atoms with E-state index in [1.165, 1.54) is 22.9 Å². The SMILES string of the molecule is CN(C)c1n2c(c3cccc[n+]13)C1C3C=CC=CN3C(=[N+](C)C)N1c1ccncc1-2. The van der Waals surface area contributed by atoms with E-state index in [2.05, 4.69) is 116 Å². The topological polar surface area (TPSA) is 34.6 Å². The lowest BCUT2D eigenvalue weighted by molar-refractivity contribution is -0.497. The van der Waals surface area contributed by atoms with Crippen molar-refractivity contribution in [3.63, 3.8) is 0 Å². The van der Waals surface area contributed by atoms with Crippen LogP contribution in [-0.4, -0.2) is 59.2 Å². The molecule has 1 saturated heterocycles. The zero-order chi connectivity index (χ0) is 20.6. The monoisotopic (exact) mass is 399 g/mol. The van der Waals surface area contributed by atoms with Crippen LogP contribution >= 0.6 is 0 Å². The van der Waals surface area contributed by atoms with Gasteiger partial charge in [-0.05, 0) is 30.4 Å². The first-order chi connectivity index (χ1) is 14.6. The van der Waals surface area contributed by atoms with Crippen LogP contribution in [0.4, 0.5) is 11.6 Å². The Labute approximate surface area is 175 Å². The summed E-state index contributed by atoms with van der Waals surface area (Å²) < 4.78 is 6.89. The van der Waals surface area contributed by atoms with E-state index in [1.807, 2.05) is 12.4 Å². The molecular weight excluding hydrogens is 374 g/mol. The number of pyridine rings is 2. The second-order valence-electron chi connectivity index (χ2n) is 8.37. The zero-order valence-corrected chi connectivity index (χ0v) is 17.6. The Morgan fingerprint density at radius 1 is 1.10 bits per heavy atom. The minimum Gasteiger partial charge on any atom is -0.269 e. The van der Waals surface area contributed by atoms with Gasteiger partial charge in [-0.25, -0.2) is 14.2 Å². The number of anilines is 2. The van der Waals surface area contributed by atoms with Crippen molar-refractivity contribution in [1.82, 2.24) is 14.5 Å². The van der Waals surface area contributed by atoms with Gasteiger partial charge in [-0.15, -0.1) is 0 Å². The molecule has 2 unspecified atom stereocenters. The summed E-state index contributed by atoms with van der Waals surface area (Å²) in [6.07, 6.45) is 14.8. The van der Waals surface area contributed by atoms with Gasteiger partial charge in [-0.3, -0.25) is 14.5 Å². The summed E-state index contributed by atoms with van der Waals surface area (Å²) in [6.45, 7) is 0. The predicted molar refractivity (Wildman–Crippen MR) is 117 cm³/mol. The highest BCUT2D eigenvalue weighted by atomic mass is 15.5. The van der Waals surface area contributed by atoms with Gasteiger partial charge in [0.1, 0.15) is 17.2 Å². The van der Waals surface area contributed by atoms with Gasteiger partial charge in [0, 0.05) is 6.20 Å². The highest BCUT2D eigenvalue weighted by molar-refractivity contribution is 6.01. The maximum absolute atomic E-state index is 4.50. The number of hydrogen-bond acceptors (Lipinski definition) is 2. The molecule has 0 N–H and O–H groups in total. The van der Waals surface area contributed by atoms with Crippen LogP contribution in [0.25, 0.3) is 11.2 Å². The van der Waals surface area contributed by atoms with Gasteiger partial charge in [0.05, 0.1) is 46.8 Å². The molecule has 3 aliphatic heterocycles. The number of nitrogens with zero attached hydrogens (tertiary/aromatic N) is 7. The molecule has 0 aromatic carbocycles. The first kappa shape index (κ1) is 17.3. The summed E-state index contributed by atoms with van der Waals surface area (Å²) in [5.41, 5.74) is 4.77. The van der Waals surface area contributed by atoms with Gasteiger partial charge >= 0.3 is 11.9 Å². The summed E-state index contributed by atoms with van der Waals surface area (Å²) in [6, 6.07) is 8.92. The summed E-state index contributed by atoms with van der Waals surface area (Å²) in [5, 5.41) is 0. The molecule has 30 heavy (non-hydrogen) atoms. The van der Waals surface area contributed by atoms with E-state index in [0.717, 1.165) is 11.6 Å². The number of allylic oxidation sites excluding steroid dienone is 2. The van der Waals surface area contributed by atoms with Crippen LogP contribution in [0, 0.1) is 0 Å². The Hall–Kier alpha value is -3.61. The molecule has 7 heteroatoms. The molecule has 1 fully saturated rings. The minimum absolute atomic E-state index is 0.143. The van der Waals surface area contributed by atoms with Crippen LogP contribution in [0.5, 0.6) is 0 Å². The lowest BCUT2D eigenvalue weighted by Crippen LogP contribution is -2.40. The molecule has 0 bridgehead atoms. The molecule has 2 atom stereocenters. The fraction of sp³-hybridized carbons (Fsp3) is 0.261. The maximum atomic E-state index is 4.50. The quantitative estimate of drug-likeness (QED) is 0.586. The fourth-order valence-electron chi connectivity index (χ4n) is 5.21. The molecular formula is C23H25N7+2. The predicted octanol–water partition coefficient (Wildman–Crippen LogP) is 1.93. The van der Waals surface area contributed by atoms with Crippen molar-refractivity contribution in [2.75, 3.05) is 38.0 Å². The van der Waals surface area contributed by atoms with Gasteiger partial charge in [0.25, 0.3) is 0 Å². The largest absolute Gasteiger partial charge is 0.369 e. The van der Waals surface area contributed by atoms with E-state index in [1.54, 1.807) is 0 Å². The van der Waals surface area contributed by atoms with Crippen molar-refractivity contribution in [3.8, 4) is 5.69 Å². The van der Waals surface area contributed by atoms with E-state index in [9.17, 15) is 0 Å². The Balaban J connectivity index is 1.79. The van der Waals surface area contributed by atoms with E-state index in [-0.39, 0.29) is 12.1 Å². The Morgan fingerprint density at radius 2 is 1.97 bits per heavy atom. The van der Waals surface area contributed by atoms with Crippen molar-refractivity contribution in [2.45, 2.75) is 12.1 Å². The molecule has 7 nitrogen and oxygen atoms in total. The average molecular weight is 400 g/mol. The Bertz CT molecular complexity index is 1280. The Morgan fingerprint density at radius 3 is 2.77 bits per heavy atom.